The molecule has 0 amide bonds. The second kappa shape index (κ2) is 6.29. The zero-order chi connectivity index (χ0) is 14.7. The van der Waals surface area contributed by atoms with Gasteiger partial charge in [0, 0.05) is 15.5 Å². The Morgan fingerprint density at radius 2 is 1.95 bits per heavy atom. The van der Waals surface area contributed by atoms with Crippen LogP contribution in [0.5, 0.6) is 0 Å². The van der Waals surface area contributed by atoms with E-state index in [1.165, 1.54) is 11.3 Å². The van der Waals surface area contributed by atoms with Crippen molar-refractivity contribution in [2.75, 3.05) is 12.3 Å². The first-order valence-corrected chi connectivity index (χ1v) is 7.62. The second-order valence-electron chi connectivity index (χ2n) is 4.22. The first-order valence-electron chi connectivity index (χ1n) is 6.42. The minimum absolute atomic E-state index is 0.329. The van der Waals surface area contributed by atoms with Gasteiger partial charge in [0.25, 0.3) is 0 Å². The molecule has 0 radical (unpaired) electrons. The van der Waals surface area contributed by atoms with Crippen molar-refractivity contribution in [2.24, 2.45) is 0 Å². The number of esters is 1. The fourth-order valence-corrected chi connectivity index (χ4v) is 3.22. The third-order valence-corrected chi connectivity index (χ3v) is 4.36. The number of nitrogens with two attached hydrogens (primary N) is 1. The van der Waals surface area contributed by atoms with Gasteiger partial charge in [0.2, 0.25) is 0 Å². The van der Waals surface area contributed by atoms with E-state index < -0.39 is 0 Å². The first kappa shape index (κ1) is 14.9. The summed E-state index contributed by atoms with van der Waals surface area (Å²) < 4.78 is 5.11. The van der Waals surface area contributed by atoms with Crippen molar-refractivity contribution in [3.63, 3.8) is 0 Å². The maximum absolute atomic E-state index is 12.1. The molecule has 0 saturated carbocycles. The molecule has 5 heteroatoms. The van der Waals surface area contributed by atoms with Crippen molar-refractivity contribution in [3.05, 3.63) is 39.7 Å². The van der Waals surface area contributed by atoms with Crippen LogP contribution in [0.2, 0.25) is 5.02 Å². The van der Waals surface area contributed by atoms with Crippen LogP contribution in [0.25, 0.3) is 11.1 Å². The van der Waals surface area contributed by atoms with E-state index >= 15 is 0 Å². The van der Waals surface area contributed by atoms with Gasteiger partial charge in [0.15, 0.2) is 0 Å². The van der Waals surface area contributed by atoms with Gasteiger partial charge in [0.05, 0.1) is 6.61 Å². The summed E-state index contributed by atoms with van der Waals surface area (Å²) in [6.07, 6.45) is 0.812. The quantitative estimate of drug-likeness (QED) is 0.852. The van der Waals surface area contributed by atoms with Crippen LogP contribution < -0.4 is 5.73 Å². The van der Waals surface area contributed by atoms with Gasteiger partial charge in [-0.05, 0) is 31.0 Å². The molecule has 0 fully saturated rings. The van der Waals surface area contributed by atoms with E-state index in [-0.39, 0.29) is 5.97 Å². The summed E-state index contributed by atoms with van der Waals surface area (Å²) in [5.74, 6) is -0.370. The molecule has 0 bridgehead atoms. The average molecular weight is 310 g/mol. The Morgan fingerprint density at radius 1 is 1.30 bits per heavy atom. The number of ether oxygens (including phenoxy) is 1. The van der Waals surface area contributed by atoms with Gasteiger partial charge in [0.1, 0.15) is 10.6 Å². The molecule has 0 aliphatic carbocycles. The fraction of sp³-hybridized carbons (Fsp3) is 0.267. The van der Waals surface area contributed by atoms with Crippen LogP contribution in [0.1, 0.15) is 29.1 Å². The zero-order valence-corrected chi connectivity index (χ0v) is 13.0. The van der Waals surface area contributed by atoms with E-state index in [1.54, 1.807) is 19.1 Å². The van der Waals surface area contributed by atoms with E-state index in [1.807, 2.05) is 19.1 Å². The molecule has 0 saturated heterocycles. The van der Waals surface area contributed by atoms with Crippen LogP contribution in [0.15, 0.2) is 24.3 Å². The molecule has 0 spiro atoms. The smallest absolute Gasteiger partial charge is 0.341 e. The summed E-state index contributed by atoms with van der Waals surface area (Å²) in [6, 6.07) is 7.40. The lowest BCUT2D eigenvalue weighted by Gasteiger charge is -2.07. The lowest BCUT2D eigenvalue weighted by molar-refractivity contribution is 0.0529. The van der Waals surface area contributed by atoms with Crippen molar-refractivity contribution in [1.82, 2.24) is 0 Å². The van der Waals surface area contributed by atoms with E-state index in [4.69, 9.17) is 22.1 Å². The zero-order valence-electron chi connectivity index (χ0n) is 11.4. The Kier molecular flexibility index (Phi) is 4.68. The molecule has 0 unspecified atom stereocenters. The average Bonchev–Trinajstić information content (AvgIpc) is 2.76. The van der Waals surface area contributed by atoms with Crippen molar-refractivity contribution in [1.29, 1.82) is 0 Å². The lowest BCUT2D eigenvalue weighted by atomic mass is 10.0. The van der Waals surface area contributed by atoms with Crippen LogP contribution in [0, 0.1) is 0 Å². The molecule has 20 heavy (non-hydrogen) atoms. The van der Waals surface area contributed by atoms with Gasteiger partial charge in [-0.1, -0.05) is 30.7 Å². The molecule has 1 aromatic heterocycles. The molecular formula is C15H16ClNO2S. The molecule has 2 rings (SSSR count). The van der Waals surface area contributed by atoms with Gasteiger partial charge < -0.3 is 10.5 Å². The number of aryl methyl sites for hydroxylation is 1. The Morgan fingerprint density at radius 3 is 2.50 bits per heavy atom. The number of anilines is 1. The number of nitrogen functional groups attached to an aromatic ring is 1. The normalized spacial score (nSPS) is 10.6. The first-order chi connectivity index (χ1) is 9.58. The van der Waals surface area contributed by atoms with E-state index in [2.05, 4.69) is 0 Å². The molecular weight excluding hydrogens is 294 g/mol. The van der Waals surface area contributed by atoms with Crippen LogP contribution in [-0.4, -0.2) is 12.6 Å². The van der Waals surface area contributed by atoms with E-state index in [0.717, 1.165) is 22.4 Å². The lowest BCUT2D eigenvalue weighted by Crippen LogP contribution is -2.07. The predicted octanol–water partition coefficient (Wildman–Crippen LogP) is 4.39. The summed E-state index contributed by atoms with van der Waals surface area (Å²) in [6.45, 7) is 4.15. The summed E-state index contributed by atoms with van der Waals surface area (Å²) in [5, 5.41) is 1.16. The summed E-state index contributed by atoms with van der Waals surface area (Å²) in [7, 11) is 0. The minimum Gasteiger partial charge on any atom is -0.462 e. The Hall–Kier alpha value is -1.52. The Labute approximate surface area is 127 Å². The summed E-state index contributed by atoms with van der Waals surface area (Å²) in [5.41, 5.74) is 8.27. The Balaban J connectivity index is 2.60. The van der Waals surface area contributed by atoms with Gasteiger partial charge in [-0.15, -0.1) is 11.3 Å². The molecule has 1 heterocycles. The monoisotopic (exact) mass is 309 g/mol. The van der Waals surface area contributed by atoms with Gasteiger partial charge in [-0.25, -0.2) is 4.79 Å². The standard InChI is InChI=1S/C15H16ClNO2S/c1-3-11-12(9-5-7-10(16)8-6-9)13(14(17)20-11)15(18)19-4-2/h5-8H,3-4,17H2,1-2H3. The number of carbonyl (C=O) groups is 1. The van der Waals surface area contributed by atoms with E-state index in [0.29, 0.717) is 22.2 Å². The molecule has 2 aromatic rings. The third kappa shape index (κ3) is 2.81. The highest BCUT2D eigenvalue weighted by atomic mass is 35.5. The largest absolute Gasteiger partial charge is 0.462 e. The van der Waals surface area contributed by atoms with Crippen molar-refractivity contribution >= 4 is 33.9 Å². The van der Waals surface area contributed by atoms with E-state index in [9.17, 15) is 4.79 Å². The number of thiophene rings is 1. The summed E-state index contributed by atoms with van der Waals surface area (Å²) >= 11 is 7.35. The molecule has 0 aliphatic rings. The number of hydrogen-bond acceptors (Lipinski definition) is 4. The maximum Gasteiger partial charge on any atom is 0.341 e. The molecule has 0 aliphatic heterocycles. The number of benzene rings is 1. The van der Waals surface area contributed by atoms with Crippen LogP contribution in [0.3, 0.4) is 0 Å². The number of rotatable bonds is 4. The van der Waals surface area contributed by atoms with Gasteiger partial charge in [-0.2, -0.15) is 0 Å². The number of hydrogen-bond donors (Lipinski definition) is 1. The summed E-state index contributed by atoms with van der Waals surface area (Å²) in [4.78, 5) is 13.2. The van der Waals surface area contributed by atoms with Crippen molar-refractivity contribution in [3.8, 4) is 11.1 Å². The molecule has 3 nitrogen and oxygen atoms in total. The maximum atomic E-state index is 12.1. The predicted molar refractivity (Wildman–Crippen MR) is 84.5 cm³/mol. The molecule has 0 atom stereocenters. The second-order valence-corrected chi connectivity index (χ2v) is 5.79. The van der Waals surface area contributed by atoms with Crippen LogP contribution in [0.4, 0.5) is 5.00 Å². The third-order valence-electron chi connectivity index (χ3n) is 2.94. The number of carbonyl (C=O) groups excluding carboxylic acids is 1. The van der Waals surface area contributed by atoms with Gasteiger partial charge in [-0.3, -0.25) is 0 Å². The Bertz CT molecular complexity index is 620. The SMILES string of the molecule is CCOC(=O)c1c(N)sc(CC)c1-c1ccc(Cl)cc1. The van der Waals surface area contributed by atoms with Crippen LogP contribution >= 0.6 is 22.9 Å². The minimum atomic E-state index is -0.370. The van der Waals surface area contributed by atoms with Crippen molar-refractivity contribution in [2.45, 2.75) is 20.3 Å². The number of halogens is 1. The highest BCUT2D eigenvalue weighted by molar-refractivity contribution is 7.17. The highest BCUT2D eigenvalue weighted by Gasteiger charge is 2.23. The molecule has 1 aromatic carbocycles. The molecule has 106 valence electrons. The topological polar surface area (TPSA) is 52.3 Å². The molecule has 2 N–H and O–H groups in total. The van der Waals surface area contributed by atoms with Crippen molar-refractivity contribution < 1.29 is 9.53 Å². The van der Waals surface area contributed by atoms with Crippen LogP contribution in [-0.2, 0) is 11.2 Å². The van der Waals surface area contributed by atoms with Gasteiger partial charge >= 0.3 is 5.97 Å². The fourth-order valence-electron chi connectivity index (χ4n) is 2.07. The highest BCUT2D eigenvalue weighted by Crippen LogP contribution is 2.39.